The molecule has 8 heteroatoms. The van der Waals surface area contributed by atoms with Gasteiger partial charge in [-0.2, -0.15) is 0 Å². The van der Waals surface area contributed by atoms with Gasteiger partial charge in [0.2, 0.25) is 0 Å². The lowest BCUT2D eigenvalue weighted by Crippen LogP contribution is -2.67. The molecule has 10 atom stereocenters. The van der Waals surface area contributed by atoms with Crippen LogP contribution >= 0.6 is 11.6 Å². The van der Waals surface area contributed by atoms with E-state index in [9.17, 15) is 14.4 Å². The van der Waals surface area contributed by atoms with Gasteiger partial charge in [0.15, 0.2) is 5.78 Å². The molecule has 1 heterocycles. The van der Waals surface area contributed by atoms with Gasteiger partial charge in [-0.1, -0.05) is 116 Å². The van der Waals surface area contributed by atoms with E-state index in [4.69, 9.17) is 16.3 Å². The number of carbonyl (C=O) groups excluding carboxylic acids is 3. The lowest BCUT2D eigenvalue weighted by Gasteiger charge is -2.72. The second-order valence-corrected chi connectivity index (χ2v) is 25.0. The summed E-state index contributed by atoms with van der Waals surface area (Å²) >= 11 is 6.29. The van der Waals surface area contributed by atoms with Gasteiger partial charge in [-0.3, -0.25) is 9.59 Å². The Kier molecular flexibility index (Phi) is 12.4. The zero-order valence-electron chi connectivity index (χ0n) is 41.4. The molecular weight excluding hydrogens is 826 g/mol. The highest BCUT2D eigenvalue weighted by atomic mass is 35.5. The molecule has 2 aromatic carbocycles. The standard InChI is InChI=1S/C57H80ClN3O4/c1-37(2)48-44(62)35-57(59-51(64)61(32-31-60-29-13-14-30-60)36-39-17-19-41(58)20-18-39)28-27-55(8)42(49(48)57)21-22-46-54(7)25-24-47(53(5,6)45(54)23-26-56(46,55)9)65-50(63)43-34-40(52(43,3)4)33-38-15-11-10-12-16-38/h10-12,15-20,37,40,42-43,45-47H,13-14,21-36H2,1-9H3,(H,59,64)/t40-,42-,43-,45+,46-,47+,54+,55-,56-,57-/m1/s1. The molecule has 7 aliphatic rings. The van der Waals surface area contributed by atoms with Gasteiger partial charge in [0, 0.05) is 36.5 Å². The number of Topliss-reactive ketones (excluding diaryl/α,β-unsaturated/α-hetero) is 1. The van der Waals surface area contributed by atoms with Crippen LogP contribution in [0.3, 0.4) is 0 Å². The first-order valence-corrected chi connectivity index (χ1v) is 26.2. The Morgan fingerprint density at radius 1 is 0.815 bits per heavy atom. The molecular formula is C57H80ClN3O4. The molecule has 1 N–H and O–H groups in total. The first-order valence-electron chi connectivity index (χ1n) is 25.8. The minimum atomic E-state index is -0.658. The van der Waals surface area contributed by atoms with Gasteiger partial charge in [-0.25, -0.2) is 4.79 Å². The van der Waals surface area contributed by atoms with Crippen molar-refractivity contribution < 1.29 is 19.1 Å². The SMILES string of the molecule is CC(C)C1=C2[C@H]3CC[C@@H]4[C@@]5(C)CC[C@H](OC(=O)[C@H]6C[C@@H](Cc7ccccc7)C6(C)C)C(C)(C)[C@@H]5CC[C@@]4(C)[C@]3(C)CC[C@@]2(NC(=O)N(CCN2CCCC2)Cc2ccc(Cl)cc2)CC1=O. The van der Waals surface area contributed by atoms with Crippen LogP contribution in [0.25, 0.3) is 0 Å². The third-order valence-corrected chi connectivity index (χ3v) is 20.8. The van der Waals surface area contributed by atoms with Gasteiger partial charge in [0.05, 0.1) is 11.5 Å². The van der Waals surface area contributed by atoms with E-state index < -0.39 is 5.54 Å². The molecule has 6 aliphatic carbocycles. The smallest absolute Gasteiger partial charge is 0.318 e. The van der Waals surface area contributed by atoms with Crippen molar-refractivity contribution in [3.63, 3.8) is 0 Å². The van der Waals surface area contributed by atoms with Crippen LogP contribution in [0.4, 0.5) is 4.79 Å². The lowest BCUT2D eigenvalue weighted by molar-refractivity contribution is -0.235. The van der Waals surface area contributed by atoms with Crippen LogP contribution in [0.1, 0.15) is 150 Å². The van der Waals surface area contributed by atoms with E-state index in [1.165, 1.54) is 24.0 Å². The first kappa shape index (κ1) is 46.9. The molecule has 65 heavy (non-hydrogen) atoms. The Bertz CT molecular complexity index is 2160. The second kappa shape index (κ2) is 17.1. The number of hydrogen-bond donors (Lipinski definition) is 1. The predicted molar refractivity (Wildman–Crippen MR) is 261 cm³/mol. The van der Waals surface area contributed by atoms with E-state index in [0.29, 0.717) is 42.3 Å². The minimum Gasteiger partial charge on any atom is -0.462 e. The molecule has 1 aliphatic heterocycles. The molecule has 0 aromatic heterocycles. The van der Waals surface area contributed by atoms with E-state index >= 15 is 0 Å². The predicted octanol–water partition coefficient (Wildman–Crippen LogP) is 12.5. The maximum Gasteiger partial charge on any atom is 0.318 e. The van der Waals surface area contributed by atoms with Crippen molar-refractivity contribution in [1.82, 2.24) is 15.1 Å². The highest BCUT2D eigenvalue weighted by Crippen LogP contribution is 2.76. The maximum atomic E-state index is 14.9. The number of carbonyl (C=O) groups is 3. The van der Waals surface area contributed by atoms with E-state index in [-0.39, 0.29) is 68.7 Å². The summed E-state index contributed by atoms with van der Waals surface area (Å²) in [6.45, 7) is 25.7. The van der Waals surface area contributed by atoms with Crippen LogP contribution < -0.4 is 5.32 Å². The number of urea groups is 1. The average molecular weight is 907 g/mol. The fourth-order valence-corrected chi connectivity index (χ4v) is 16.6. The van der Waals surface area contributed by atoms with Crippen molar-refractivity contribution >= 4 is 29.4 Å². The molecule has 2 aromatic rings. The number of amides is 2. The Balaban J connectivity index is 0.936. The number of halogens is 1. The second-order valence-electron chi connectivity index (χ2n) is 24.6. The molecule has 0 bridgehead atoms. The molecule has 2 amide bonds. The Morgan fingerprint density at radius 2 is 1.52 bits per heavy atom. The Labute approximate surface area is 396 Å². The molecule has 0 unspecified atom stereocenters. The van der Waals surface area contributed by atoms with Gasteiger partial charge >= 0.3 is 12.0 Å². The average Bonchev–Trinajstić information content (AvgIpc) is 3.88. The van der Waals surface area contributed by atoms with Crippen molar-refractivity contribution in [2.75, 3.05) is 26.2 Å². The number of nitrogens with one attached hydrogen (secondary N) is 1. The summed E-state index contributed by atoms with van der Waals surface area (Å²) in [7, 11) is 0. The first-order chi connectivity index (χ1) is 30.7. The summed E-state index contributed by atoms with van der Waals surface area (Å²) in [5.41, 5.74) is 3.97. The quantitative estimate of drug-likeness (QED) is 0.227. The van der Waals surface area contributed by atoms with Crippen molar-refractivity contribution in [2.24, 2.45) is 62.6 Å². The van der Waals surface area contributed by atoms with Crippen LogP contribution in [0, 0.1) is 62.6 Å². The number of likely N-dealkylation sites (tertiary alicyclic amines) is 1. The summed E-state index contributed by atoms with van der Waals surface area (Å²) < 4.78 is 6.71. The third kappa shape index (κ3) is 7.85. The summed E-state index contributed by atoms with van der Waals surface area (Å²) in [5, 5.41) is 4.38. The van der Waals surface area contributed by atoms with Gasteiger partial charge in [-0.05, 0) is 176 Å². The largest absolute Gasteiger partial charge is 0.462 e. The zero-order valence-corrected chi connectivity index (χ0v) is 42.1. The van der Waals surface area contributed by atoms with Crippen LogP contribution in [-0.4, -0.2) is 65.4 Å². The highest BCUT2D eigenvalue weighted by Gasteiger charge is 2.70. The highest BCUT2D eigenvalue weighted by molar-refractivity contribution is 6.30. The van der Waals surface area contributed by atoms with Crippen molar-refractivity contribution in [3.05, 3.63) is 81.9 Å². The van der Waals surface area contributed by atoms with Crippen molar-refractivity contribution in [2.45, 2.75) is 164 Å². The fourth-order valence-electron chi connectivity index (χ4n) is 16.4. The van der Waals surface area contributed by atoms with E-state index in [1.54, 1.807) is 0 Å². The van der Waals surface area contributed by atoms with E-state index in [2.05, 4.69) is 103 Å². The normalized spacial score (nSPS) is 37.1. The summed E-state index contributed by atoms with van der Waals surface area (Å²) in [5.74, 6) is 1.98. The third-order valence-electron chi connectivity index (χ3n) is 20.5. The maximum absolute atomic E-state index is 14.9. The fraction of sp³-hybridized carbons (Fsp3) is 0.702. The molecule has 0 radical (unpaired) electrons. The molecule has 0 spiro atoms. The molecule has 6 fully saturated rings. The van der Waals surface area contributed by atoms with Gasteiger partial charge in [0.25, 0.3) is 0 Å². The minimum absolute atomic E-state index is 0.0173. The zero-order chi connectivity index (χ0) is 46.3. The number of hydrogen-bond acceptors (Lipinski definition) is 5. The molecule has 7 nitrogen and oxygen atoms in total. The van der Waals surface area contributed by atoms with Crippen molar-refractivity contribution in [3.8, 4) is 0 Å². The van der Waals surface area contributed by atoms with Crippen LogP contribution in [-0.2, 0) is 27.3 Å². The monoisotopic (exact) mass is 906 g/mol. The van der Waals surface area contributed by atoms with Gasteiger partial charge in [0.1, 0.15) is 6.10 Å². The van der Waals surface area contributed by atoms with E-state index in [1.807, 2.05) is 29.2 Å². The topological polar surface area (TPSA) is 79.0 Å². The van der Waals surface area contributed by atoms with Crippen LogP contribution in [0.5, 0.6) is 0 Å². The van der Waals surface area contributed by atoms with Crippen LogP contribution in [0.15, 0.2) is 65.7 Å². The number of nitrogens with zero attached hydrogens (tertiary/aromatic N) is 2. The Hall–Kier alpha value is -3.16. The number of esters is 1. The van der Waals surface area contributed by atoms with Crippen molar-refractivity contribution in [1.29, 1.82) is 0 Å². The van der Waals surface area contributed by atoms with Gasteiger partial charge < -0.3 is 19.9 Å². The number of allylic oxidation sites excluding steroid dienone is 1. The summed E-state index contributed by atoms with van der Waals surface area (Å²) in [6.07, 6.45) is 12.8. The lowest BCUT2D eigenvalue weighted by atomic mass is 9.33. The number of ether oxygens (including phenoxy) is 1. The molecule has 5 saturated carbocycles. The summed E-state index contributed by atoms with van der Waals surface area (Å²) in [6, 6.07) is 18.5. The number of ketones is 1. The molecule has 9 rings (SSSR count). The Morgan fingerprint density at radius 3 is 2.20 bits per heavy atom. The van der Waals surface area contributed by atoms with Crippen LogP contribution in [0.2, 0.25) is 5.02 Å². The molecule has 354 valence electrons. The van der Waals surface area contributed by atoms with Gasteiger partial charge in [-0.15, -0.1) is 0 Å². The van der Waals surface area contributed by atoms with E-state index in [0.717, 1.165) is 95.0 Å². The summed E-state index contributed by atoms with van der Waals surface area (Å²) in [4.78, 5) is 47.9. The number of benzene rings is 2. The molecule has 1 saturated heterocycles. The number of rotatable bonds is 11. The number of fused-ring (bicyclic) bond motifs is 7.